The standard InChI is InChI=1S/C15H23BrN2O2S/c1-4-20-15(5-7-19-8-6-15)14-17-11(9-10(2)3)12(16)13(21)18-14/h10H,4-9H2,1-3H3,(H,17,18,21). The number of hydrogen-bond acceptors (Lipinski definition) is 4. The zero-order chi connectivity index (χ0) is 15.5. The van der Waals surface area contributed by atoms with Gasteiger partial charge in [-0.05, 0) is 35.2 Å². The molecule has 0 aliphatic carbocycles. The third-order valence-corrected chi connectivity index (χ3v) is 5.11. The number of ether oxygens (including phenoxy) is 2. The van der Waals surface area contributed by atoms with E-state index in [1.807, 2.05) is 6.92 Å². The molecule has 1 aliphatic heterocycles. The van der Waals surface area contributed by atoms with Crippen LogP contribution in [0.4, 0.5) is 0 Å². The molecule has 2 heterocycles. The summed E-state index contributed by atoms with van der Waals surface area (Å²) < 4.78 is 13.1. The highest BCUT2D eigenvalue weighted by Crippen LogP contribution is 2.35. The Kier molecular flexibility index (Phi) is 5.94. The van der Waals surface area contributed by atoms with E-state index in [0.717, 1.165) is 35.3 Å². The largest absolute Gasteiger partial charge is 0.381 e. The fourth-order valence-electron chi connectivity index (χ4n) is 2.70. The molecule has 1 aromatic rings. The van der Waals surface area contributed by atoms with Crippen LogP contribution < -0.4 is 0 Å². The highest BCUT2D eigenvalue weighted by atomic mass is 79.9. The first-order valence-corrected chi connectivity index (χ1v) is 8.69. The first-order chi connectivity index (χ1) is 9.98. The molecule has 118 valence electrons. The minimum Gasteiger partial charge on any atom is -0.381 e. The van der Waals surface area contributed by atoms with Gasteiger partial charge in [0.15, 0.2) is 0 Å². The van der Waals surface area contributed by atoms with Crippen LogP contribution in [0.2, 0.25) is 0 Å². The van der Waals surface area contributed by atoms with Gasteiger partial charge in [-0.25, -0.2) is 4.98 Å². The molecule has 0 spiro atoms. The van der Waals surface area contributed by atoms with E-state index < -0.39 is 5.60 Å². The van der Waals surface area contributed by atoms with Crippen LogP contribution in [-0.4, -0.2) is 29.8 Å². The lowest BCUT2D eigenvalue weighted by Crippen LogP contribution is -2.38. The fourth-order valence-corrected chi connectivity index (χ4v) is 3.26. The second-order valence-corrected chi connectivity index (χ2v) is 7.00. The summed E-state index contributed by atoms with van der Waals surface area (Å²) in [6, 6.07) is 0. The van der Waals surface area contributed by atoms with Crippen LogP contribution in [0.25, 0.3) is 0 Å². The Labute approximate surface area is 139 Å². The number of hydrogen-bond donors (Lipinski definition) is 1. The quantitative estimate of drug-likeness (QED) is 0.786. The van der Waals surface area contributed by atoms with Gasteiger partial charge in [-0.2, -0.15) is 0 Å². The van der Waals surface area contributed by atoms with E-state index in [1.165, 1.54) is 0 Å². The predicted octanol–water partition coefficient (Wildman–Crippen LogP) is 4.14. The van der Waals surface area contributed by atoms with Crippen molar-refractivity contribution >= 4 is 28.1 Å². The normalized spacial score (nSPS) is 18.1. The number of nitrogens with zero attached hydrogens (tertiary/aromatic N) is 1. The van der Waals surface area contributed by atoms with E-state index in [1.54, 1.807) is 0 Å². The van der Waals surface area contributed by atoms with Gasteiger partial charge >= 0.3 is 0 Å². The number of nitrogens with one attached hydrogen (secondary N) is 1. The van der Waals surface area contributed by atoms with Crippen molar-refractivity contribution in [2.45, 2.75) is 45.6 Å². The molecule has 0 unspecified atom stereocenters. The highest BCUT2D eigenvalue weighted by Gasteiger charge is 2.38. The average molecular weight is 375 g/mol. The maximum atomic E-state index is 6.08. The maximum absolute atomic E-state index is 6.08. The minimum absolute atomic E-state index is 0.396. The predicted molar refractivity (Wildman–Crippen MR) is 89.0 cm³/mol. The highest BCUT2D eigenvalue weighted by molar-refractivity contribution is 9.10. The lowest BCUT2D eigenvalue weighted by Gasteiger charge is -2.36. The smallest absolute Gasteiger partial charge is 0.144 e. The number of halogens is 1. The molecule has 6 heteroatoms. The number of aromatic amines is 1. The van der Waals surface area contributed by atoms with Gasteiger partial charge in [-0.1, -0.05) is 26.1 Å². The lowest BCUT2D eigenvalue weighted by molar-refractivity contribution is -0.118. The van der Waals surface area contributed by atoms with E-state index >= 15 is 0 Å². The van der Waals surface area contributed by atoms with Crippen molar-refractivity contribution in [2.75, 3.05) is 19.8 Å². The summed E-state index contributed by atoms with van der Waals surface area (Å²) in [5.74, 6) is 1.39. The second kappa shape index (κ2) is 7.31. The Morgan fingerprint density at radius 2 is 2.10 bits per heavy atom. The molecule has 0 radical (unpaired) electrons. The SMILES string of the molecule is CCOC1(c2nc(=S)c(Br)c(CC(C)C)[nH]2)CCOCC1. The Morgan fingerprint density at radius 1 is 1.43 bits per heavy atom. The molecular formula is C15H23BrN2O2S. The van der Waals surface area contributed by atoms with Crippen LogP contribution in [-0.2, 0) is 21.5 Å². The van der Waals surface area contributed by atoms with E-state index in [4.69, 9.17) is 21.7 Å². The van der Waals surface area contributed by atoms with E-state index in [9.17, 15) is 0 Å². The molecular weight excluding hydrogens is 352 g/mol. The average Bonchev–Trinajstić information content (AvgIpc) is 2.44. The summed E-state index contributed by atoms with van der Waals surface area (Å²) in [4.78, 5) is 8.06. The van der Waals surface area contributed by atoms with Gasteiger partial charge in [0.2, 0.25) is 0 Å². The summed E-state index contributed by atoms with van der Waals surface area (Å²) in [5.41, 5.74) is 0.707. The van der Waals surface area contributed by atoms with Crippen LogP contribution in [0.5, 0.6) is 0 Å². The summed E-state index contributed by atoms with van der Waals surface area (Å²) in [6.07, 6.45) is 2.54. The second-order valence-electron chi connectivity index (χ2n) is 5.82. The van der Waals surface area contributed by atoms with Gasteiger partial charge in [-0.15, -0.1) is 0 Å². The van der Waals surface area contributed by atoms with Gasteiger partial charge in [0.25, 0.3) is 0 Å². The van der Waals surface area contributed by atoms with Crippen molar-refractivity contribution in [1.82, 2.24) is 9.97 Å². The van der Waals surface area contributed by atoms with Gasteiger partial charge in [0.05, 0.1) is 4.47 Å². The van der Waals surface area contributed by atoms with Crippen LogP contribution >= 0.6 is 28.1 Å². The molecule has 0 atom stereocenters. The summed E-state index contributed by atoms with van der Waals surface area (Å²) >= 11 is 8.98. The molecule has 1 fully saturated rings. The van der Waals surface area contributed by atoms with Gasteiger partial charge in [0, 0.05) is 38.4 Å². The van der Waals surface area contributed by atoms with Crippen LogP contribution in [0.15, 0.2) is 4.47 Å². The van der Waals surface area contributed by atoms with Crippen molar-refractivity contribution < 1.29 is 9.47 Å². The summed E-state index contributed by atoms with van der Waals surface area (Å²) in [6.45, 7) is 8.43. The third-order valence-electron chi connectivity index (χ3n) is 3.70. The molecule has 4 nitrogen and oxygen atoms in total. The number of aromatic nitrogens is 2. The Bertz CT molecular complexity index is 533. The first-order valence-electron chi connectivity index (χ1n) is 7.49. The van der Waals surface area contributed by atoms with Crippen LogP contribution in [0.1, 0.15) is 45.1 Å². The fraction of sp³-hybridized carbons (Fsp3) is 0.733. The third kappa shape index (κ3) is 3.92. The Balaban J connectivity index is 2.45. The molecule has 0 bridgehead atoms. The number of H-pyrrole nitrogens is 1. The van der Waals surface area contributed by atoms with Crippen molar-refractivity contribution in [3.8, 4) is 0 Å². The molecule has 0 saturated carbocycles. The van der Waals surface area contributed by atoms with E-state index in [0.29, 0.717) is 30.4 Å². The monoisotopic (exact) mass is 374 g/mol. The maximum Gasteiger partial charge on any atom is 0.144 e. The summed E-state index contributed by atoms with van der Waals surface area (Å²) in [7, 11) is 0. The zero-order valence-electron chi connectivity index (χ0n) is 12.9. The van der Waals surface area contributed by atoms with Crippen molar-refractivity contribution in [1.29, 1.82) is 0 Å². The number of rotatable bonds is 5. The van der Waals surface area contributed by atoms with Crippen molar-refractivity contribution in [3.63, 3.8) is 0 Å². The molecule has 0 amide bonds. The van der Waals surface area contributed by atoms with E-state index in [2.05, 4.69) is 39.7 Å². The molecule has 1 saturated heterocycles. The van der Waals surface area contributed by atoms with Crippen molar-refractivity contribution in [2.24, 2.45) is 5.92 Å². The Hall–Kier alpha value is -0.300. The minimum atomic E-state index is -0.396. The molecule has 21 heavy (non-hydrogen) atoms. The molecule has 2 rings (SSSR count). The van der Waals surface area contributed by atoms with Gasteiger partial charge in [0.1, 0.15) is 16.1 Å². The van der Waals surface area contributed by atoms with Gasteiger partial charge in [-0.3, -0.25) is 0 Å². The zero-order valence-corrected chi connectivity index (χ0v) is 15.3. The molecule has 1 aliphatic rings. The molecule has 0 aromatic carbocycles. The lowest BCUT2D eigenvalue weighted by atomic mass is 9.92. The van der Waals surface area contributed by atoms with Crippen molar-refractivity contribution in [3.05, 3.63) is 20.6 Å². The molecule has 1 N–H and O–H groups in total. The Morgan fingerprint density at radius 3 is 2.67 bits per heavy atom. The van der Waals surface area contributed by atoms with Gasteiger partial charge < -0.3 is 14.5 Å². The summed E-state index contributed by atoms with van der Waals surface area (Å²) in [5, 5.41) is 0. The first kappa shape index (κ1) is 17.1. The van der Waals surface area contributed by atoms with Crippen LogP contribution in [0.3, 0.4) is 0 Å². The van der Waals surface area contributed by atoms with Crippen LogP contribution in [0, 0.1) is 10.6 Å². The van der Waals surface area contributed by atoms with E-state index in [-0.39, 0.29) is 0 Å². The molecule has 1 aromatic heterocycles. The topological polar surface area (TPSA) is 47.1 Å².